The van der Waals surface area contributed by atoms with E-state index in [2.05, 4.69) is 16.5 Å². The van der Waals surface area contributed by atoms with Crippen molar-refractivity contribution in [1.82, 2.24) is 9.97 Å². The van der Waals surface area contributed by atoms with Crippen LogP contribution in [0.4, 0.5) is 0 Å². The molecule has 19 heteroatoms. The lowest BCUT2D eigenvalue weighted by Gasteiger charge is -2.13. The van der Waals surface area contributed by atoms with Crippen LogP contribution >= 0.6 is 0 Å². The summed E-state index contributed by atoms with van der Waals surface area (Å²) in [6, 6.07) is 29.2. The van der Waals surface area contributed by atoms with Crippen LogP contribution in [0.25, 0.3) is 22.3 Å². The monoisotopic (exact) mass is 949 g/mol. The molecule has 4 heterocycles. The van der Waals surface area contributed by atoms with E-state index in [-0.39, 0.29) is 19.6 Å². The van der Waals surface area contributed by atoms with Crippen molar-refractivity contribution in [1.29, 1.82) is 0 Å². The molecule has 6 bridgehead atoms. The summed E-state index contributed by atoms with van der Waals surface area (Å²) in [5, 5.41) is 0.991. The van der Waals surface area contributed by atoms with Crippen molar-refractivity contribution < 1.29 is 51.9 Å². The molecule has 2 aliphatic heterocycles. The molecule has 15 nitrogen and oxygen atoms in total. The number of aromatic amines is 2. The maximum absolute atomic E-state index is 12.0. The number of rotatable bonds is 8. The summed E-state index contributed by atoms with van der Waals surface area (Å²) in [6.45, 7) is 6.19. The first-order valence-electron chi connectivity index (χ1n) is 19.1. The van der Waals surface area contributed by atoms with Crippen molar-refractivity contribution in [3.8, 4) is 0 Å². The number of aromatic nitrogens is 2. The lowest BCUT2D eigenvalue weighted by Crippen LogP contribution is -2.19. The maximum Gasteiger partial charge on any atom is 0.294 e. The van der Waals surface area contributed by atoms with Crippen molar-refractivity contribution in [2.75, 3.05) is 0 Å². The number of nitrogens with zero attached hydrogens (tertiary/aromatic N) is 1. The molecule has 65 heavy (non-hydrogen) atoms. The Morgan fingerprint density at radius 1 is 0.415 bits per heavy atom. The number of fused-ring (bicyclic) bond motifs is 5. The van der Waals surface area contributed by atoms with E-state index >= 15 is 0 Å². The van der Waals surface area contributed by atoms with Gasteiger partial charge in [-0.3, -0.25) is 18.2 Å². The summed E-state index contributed by atoms with van der Waals surface area (Å²) in [7, 11) is -18.2. The van der Waals surface area contributed by atoms with Gasteiger partial charge in [0.05, 0.1) is 31.0 Å². The zero-order valence-electron chi connectivity index (χ0n) is 33.7. The van der Waals surface area contributed by atoms with E-state index in [1.807, 2.05) is 6.92 Å². The summed E-state index contributed by atoms with van der Waals surface area (Å²) in [5.41, 5.74) is 7.02. The number of hydrogen-bond donors (Lipinski definition) is 6. The molecule has 0 aliphatic carbocycles. The zero-order valence-corrected chi connectivity index (χ0v) is 37.0. The molecule has 0 atom stereocenters. The Labute approximate surface area is 373 Å². The first kappa shape index (κ1) is 44.8. The molecule has 0 saturated carbocycles. The van der Waals surface area contributed by atoms with E-state index in [1.165, 1.54) is 97.1 Å². The van der Waals surface area contributed by atoms with Gasteiger partial charge in [-0.15, -0.1) is 0 Å². The molecule has 0 amide bonds. The van der Waals surface area contributed by atoms with Gasteiger partial charge in [0.15, 0.2) is 0 Å². The summed E-state index contributed by atoms with van der Waals surface area (Å²) in [5.74, 6) is 0. The number of hydrogen-bond acceptors (Lipinski definition) is 9. The van der Waals surface area contributed by atoms with Crippen LogP contribution in [0, 0.1) is 0 Å². The Kier molecular flexibility index (Phi) is 11.5. The smallest absolute Gasteiger partial charge is 0.294 e. The molecule has 8 rings (SSSR count). The van der Waals surface area contributed by atoms with E-state index in [0.29, 0.717) is 89.2 Å². The van der Waals surface area contributed by atoms with Crippen LogP contribution in [-0.2, 0) is 40.5 Å². The third kappa shape index (κ3) is 9.26. The van der Waals surface area contributed by atoms with Crippen LogP contribution in [0.1, 0.15) is 40.6 Å². The van der Waals surface area contributed by atoms with E-state index in [4.69, 9.17) is 4.99 Å². The predicted octanol–water partition coefficient (Wildman–Crippen LogP) is 6.15. The third-order valence-corrected chi connectivity index (χ3v) is 14.1. The molecule has 0 unspecified atom stereocenters. The molecule has 0 radical (unpaired) electrons. The number of aliphatic imine (C=N–C) groups is 1. The highest BCUT2D eigenvalue weighted by Crippen LogP contribution is 2.36. The minimum absolute atomic E-state index is 0.322. The molecule has 6 N–H and O–H groups in total. The second kappa shape index (κ2) is 16.6. The number of H-pyrrole nitrogens is 2. The normalized spacial score (nSPS) is 18.7. The van der Waals surface area contributed by atoms with Crippen molar-refractivity contribution in [3.05, 3.63) is 213 Å². The Morgan fingerprint density at radius 3 is 1.22 bits per heavy atom. The lowest BCUT2D eigenvalue weighted by molar-refractivity contribution is 0.481. The van der Waals surface area contributed by atoms with Gasteiger partial charge in [-0.05, 0) is 125 Å². The Balaban J connectivity index is 1.46. The van der Waals surface area contributed by atoms with Crippen LogP contribution in [0.5, 0.6) is 0 Å². The molecule has 0 saturated heterocycles. The highest BCUT2D eigenvalue weighted by molar-refractivity contribution is 7.86. The van der Waals surface area contributed by atoms with Gasteiger partial charge in [-0.1, -0.05) is 67.3 Å². The maximum atomic E-state index is 12.0. The molecular weight excluding hydrogens is 915 g/mol. The van der Waals surface area contributed by atoms with Gasteiger partial charge in [-0.25, -0.2) is 4.99 Å². The number of nitrogens with one attached hydrogen (secondary N) is 2. The molecule has 0 spiro atoms. The summed E-state index contributed by atoms with van der Waals surface area (Å²) < 4.78 is 135. The average molecular weight is 950 g/mol. The molecule has 2 aliphatic rings. The Morgan fingerprint density at radius 2 is 0.785 bits per heavy atom. The molecule has 0 fully saturated rings. The largest absolute Gasteiger partial charge is 0.354 e. The van der Waals surface area contributed by atoms with Gasteiger partial charge < -0.3 is 9.97 Å². The molecule has 6 aromatic rings. The highest BCUT2D eigenvalue weighted by atomic mass is 32.2. The lowest BCUT2D eigenvalue weighted by atomic mass is 9.95. The molecule has 330 valence electrons. The molecular formula is C46H35N3O12S4. The topological polar surface area (TPSA) is 261 Å². The van der Waals surface area contributed by atoms with Crippen molar-refractivity contribution in [2.45, 2.75) is 26.5 Å². The van der Waals surface area contributed by atoms with Crippen molar-refractivity contribution >= 4 is 68.5 Å². The first-order chi connectivity index (χ1) is 30.6. The molecule has 4 aromatic carbocycles. The van der Waals surface area contributed by atoms with Gasteiger partial charge in [0.2, 0.25) is 0 Å². The van der Waals surface area contributed by atoms with Crippen LogP contribution in [0.3, 0.4) is 0 Å². The quantitative estimate of drug-likeness (QED) is 0.0940. The van der Waals surface area contributed by atoms with Crippen LogP contribution in [-0.4, -0.2) is 67.6 Å². The first-order valence-corrected chi connectivity index (χ1v) is 24.9. The fourth-order valence-corrected chi connectivity index (χ4v) is 9.49. The van der Waals surface area contributed by atoms with Crippen LogP contribution in [0.15, 0.2) is 194 Å². The van der Waals surface area contributed by atoms with Gasteiger partial charge >= 0.3 is 0 Å². The zero-order chi connectivity index (χ0) is 46.6. The summed E-state index contributed by atoms with van der Waals surface area (Å²) >= 11 is 0. The predicted molar refractivity (Wildman–Crippen MR) is 243 cm³/mol. The van der Waals surface area contributed by atoms with Gasteiger partial charge in [0.25, 0.3) is 40.5 Å². The summed E-state index contributed by atoms with van der Waals surface area (Å²) in [6.07, 6.45) is 6.97. The standard InChI is InChI=1S/C46H35N3O12S4/c1-27-3-4-28(2)44(30-7-15-34(16-8-30)63(53,54)55)38-22-24-40(48-38)46(32-11-19-36(20-12-32)65(59,60)61)42-26-25-41(49-42)45(31-9-17-35(18-10-31)64(56,57)58)39-23-21-37(47-39)43(27)29-5-13-33(14-6-29)62(50,51)52/h3-26,47-48H,1H2,2H3,(H,50,51,52)(H,53,54,55)(H,56,57,58)(H,59,60,61)/b4-3-,43-37?,44-28+,45-39-,46-42-. The number of allylic oxidation sites excluding steroid dienone is 6. The second-order valence-electron chi connectivity index (χ2n) is 14.8. The molecule has 2 aromatic heterocycles. The van der Waals surface area contributed by atoms with E-state index < -0.39 is 40.5 Å². The van der Waals surface area contributed by atoms with Crippen LogP contribution in [0.2, 0.25) is 0 Å². The van der Waals surface area contributed by atoms with E-state index in [1.54, 1.807) is 48.6 Å². The SMILES string of the molecule is C=C1/C=C\C(C)=C(/c2ccc(S(=O)(=O)O)cc2)c2ccc([nH]2)/C(c2ccc(S(=O)(=O)O)cc2)=C2/C=CC(=N2)/C(c2ccc(S(=O)(=O)O)cc2)=c2/ccc([nH]2)=C1c1ccc(S(=O)(=O)O)cc1. The van der Waals surface area contributed by atoms with Gasteiger partial charge in [0, 0.05) is 44.4 Å². The van der Waals surface area contributed by atoms with Crippen molar-refractivity contribution in [3.63, 3.8) is 0 Å². The minimum Gasteiger partial charge on any atom is -0.354 e. The van der Waals surface area contributed by atoms with E-state index in [9.17, 15) is 51.9 Å². The van der Waals surface area contributed by atoms with Gasteiger partial charge in [-0.2, -0.15) is 33.7 Å². The fraction of sp³-hybridized carbons (Fsp3) is 0.0217. The van der Waals surface area contributed by atoms with Crippen molar-refractivity contribution in [2.24, 2.45) is 4.99 Å². The van der Waals surface area contributed by atoms with Gasteiger partial charge in [0.1, 0.15) is 0 Å². The second-order valence-corrected chi connectivity index (χ2v) is 20.5. The Bertz CT molecular complexity index is 3730. The number of benzene rings is 4. The fourth-order valence-electron chi connectivity index (χ4n) is 7.57. The average Bonchev–Trinajstić information content (AvgIpc) is 4.03. The minimum atomic E-state index is -4.55. The third-order valence-electron chi connectivity index (χ3n) is 10.6. The summed E-state index contributed by atoms with van der Waals surface area (Å²) in [4.78, 5) is 10.6. The highest BCUT2D eigenvalue weighted by Gasteiger charge is 2.23. The van der Waals surface area contributed by atoms with E-state index in [0.717, 1.165) is 0 Å². The Hall–Kier alpha value is -6.81. The van der Waals surface area contributed by atoms with Crippen LogP contribution < -0.4 is 10.7 Å².